The summed E-state index contributed by atoms with van der Waals surface area (Å²) in [6.07, 6.45) is 9.94. The minimum Gasteiger partial charge on any atom is -0.369 e. The Bertz CT molecular complexity index is 562. The summed E-state index contributed by atoms with van der Waals surface area (Å²) in [5.41, 5.74) is 1.80. The van der Waals surface area contributed by atoms with E-state index in [1.54, 1.807) is 0 Å². The zero-order valence-electron chi connectivity index (χ0n) is 15.0. The fourth-order valence-electron chi connectivity index (χ4n) is 7.64. The summed E-state index contributed by atoms with van der Waals surface area (Å²) in [6.45, 7) is 2.01. The van der Waals surface area contributed by atoms with Crippen LogP contribution >= 0.6 is 0 Å². The number of nitrogens with one attached hydrogen (secondary N) is 1. The first-order chi connectivity index (χ1) is 11.8. The van der Waals surface area contributed by atoms with E-state index < -0.39 is 0 Å². The molecule has 1 saturated heterocycles. The highest BCUT2D eigenvalue weighted by atomic mass is 16.5. The number of benzene rings is 1. The third kappa shape index (κ3) is 2.02. The summed E-state index contributed by atoms with van der Waals surface area (Å²) in [6, 6.07) is 11.3. The molecule has 5 aliphatic rings. The molecular formula is C22H31NO. The topological polar surface area (TPSA) is 21.3 Å². The van der Waals surface area contributed by atoms with Crippen molar-refractivity contribution in [2.75, 3.05) is 20.2 Å². The summed E-state index contributed by atoms with van der Waals surface area (Å²) < 4.78 is 6.84. The molecule has 1 aromatic rings. The minimum atomic E-state index is -0.0483. The van der Waals surface area contributed by atoms with Crippen molar-refractivity contribution in [3.63, 3.8) is 0 Å². The molecule has 4 bridgehead atoms. The molecule has 24 heavy (non-hydrogen) atoms. The summed E-state index contributed by atoms with van der Waals surface area (Å²) in [5.74, 6) is 3.52. The molecule has 4 saturated carbocycles. The van der Waals surface area contributed by atoms with E-state index in [0.717, 1.165) is 30.9 Å². The van der Waals surface area contributed by atoms with Crippen molar-refractivity contribution in [2.24, 2.45) is 29.1 Å². The molecule has 2 nitrogen and oxygen atoms in total. The Hall–Kier alpha value is -0.860. The van der Waals surface area contributed by atoms with Gasteiger partial charge in [0.05, 0.1) is 0 Å². The number of ether oxygens (including phenoxy) is 1. The van der Waals surface area contributed by atoms with Crippen molar-refractivity contribution in [3.05, 3.63) is 35.9 Å². The molecule has 1 aliphatic heterocycles. The molecule has 0 amide bonds. The van der Waals surface area contributed by atoms with Crippen LogP contribution in [0.15, 0.2) is 30.3 Å². The summed E-state index contributed by atoms with van der Waals surface area (Å²) in [7, 11) is 2.10. The van der Waals surface area contributed by atoms with Crippen LogP contribution in [-0.2, 0) is 10.3 Å². The first kappa shape index (κ1) is 15.4. The van der Waals surface area contributed by atoms with Crippen molar-refractivity contribution in [3.8, 4) is 0 Å². The lowest BCUT2D eigenvalue weighted by Crippen LogP contribution is -2.59. The minimum absolute atomic E-state index is 0.0483. The summed E-state index contributed by atoms with van der Waals surface area (Å²) in [4.78, 5) is 0. The average molecular weight is 325 g/mol. The molecule has 5 fully saturated rings. The Balaban J connectivity index is 1.64. The predicted octanol–water partition coefficient (Wildman–Crippen LogP) is 4.35. The molecule has 6 rings (SSSR count). The van der Waals surface area contributed by atoms with Gasteiger partial charge in [0.2, 0.25) is 0 Å². The van der Waals surface area contributed by atoms with Crippen LogP contribution in [0.2, 0.25) is 0 Å². The van der Waals surface area contributed by atoms with Crippen LogP contribution in [0.3, 0.4) is 0 Å². The second-order valence-corrected chi connectivity index (χ2v) is 9.19. The molecule has 1 heterocycles. The van der Waals surface area contributed by atoms with Gasteiger partial charge in [0, 0.05) is 24.5 Å². The van der Waals surface area contributed by atoms with E-state index in [4.69, 9.17) is 4.74 Å². The van der Waals surface area contributed by atoms with E-state index in [1.165, 1.54) is 50.5 Å². The molecule has 1 aromatic carbocycles. The average Bonchev–Trinajstić information content (AvgIpc) is 3.00. The molecule has 0 radical (unpaired) electrons. The maximum absolute atomic E-state index is 6.84. The highest BCUT2D eigenvalue weighted by Gasteiger charge is 2.65. The van der Waals surface area contributed by atoms with Crippen LogP contribution in [-0.4, -0.2) is 20.2 Å². The molecule has 0 aromatic heterocycles. The first-order valence-corrected chi connectivity index (χ1v) is 10.1. The molecule has 2 unspecified atom stereocenters. The van der Waals surface area contributed by atoms with Gasteiger partial charge in [-0.15, -0.1) is 0 Å². The Kier molecular flexibility index (Phi) is 3.58. The van der Waals surface area contributed by atoms with Crippen molar-refractivity contribution < 1.29 is 4.74 Å². The predicted molar refractivity (Wildman–Crippen MR) is 96.7 cm³/mol. The van der Waals surface area contributed by atoms with Gasteiger partial charge in [-0.25, -0.2) is 0 Å². The van der Waals surface area contributed by atoms with Gasteiger partial charge in [0.25, 0.3) is 0 Å². The highest BCUT2D eigenvalue weighted by molar-refractivity contribution is 5.30. The Morgan fingerprint density at radius 2 is 1.62 bits per heavy atom. The van der Waals surface area contributed by atoms with Crippen molar-refractivity contribution in [1.29, 1.82) is 0 Å². The van der Waals surface area contributed by atoms with Crippen LogP contribution in [0.25, 0.3) is 0 Å². The lowest BCUT2D eigenvalue weighted by atomic mass is 9.43. The Morgan fingerprint density at radius 1 is 1.00 bits per heavy atom. The monoisotopic (exact) mass is 325 g/mol. The van der Waals surface area contributed by atoms with Crippen LogP contribution in [0.5, 0.6) is 0 Å². The zero-order valence-corrected chi connectivity index (χ0v) is 15.0. The molecule has 2 atom stereocenters. The fourth-order valence-corrected chi connectivity index (χ4v) is 7.64. The largest absolute Gasteiger partial charge is 0.369 e. The van der Waals surface area contributed by atoms with Crippen molar-refractivity contribution in [2.45, 2.75) is 50.5 Å². The standard InChI is InChI=1S/C22H31NO/c1-23-15-20-7-8-24-22(20,19-5-3-2-4-6-19)21-12-16-9-17(13-21)11-18(10-16)14-21/h2-6,16-18,20,23H,7-15H2,1H3. The van der Waals surface area contributed by atoms with Gasteiger partial charge in [-0.3, -0.25) is 0 Å². The lowest BCUT2D eigenvalue weighted by Gasteiger charge is -2.64. The van der Waals surface area contributed by atoms with E-state index in [1.807, 2.05) is 0 Å². The molecule has 4 aliphatic carbocycles. The molecule has 130 valence electrons. The SMILES string of the molecule is CNCC1CCOC1(c1ccccc1)C12CC3CC(CC(C3)C1)C2. The third-order valence-electron chi connectivity index (χ3n) is 7.85. The van der Waals surface area contributed by atoms with E-state index in [2.05, 4.69) is 42.7 Å². The molecule has 1 N–H and O–H groups in total. The van der Waals surface area contributed by atoms with Gasteiger partial charge in [0.15, 0.2) is 0 Å². The molecule has 0 spiro atoms. The van der Waals surface area contributed by atoms with Crippen LogP contribution in [0.1, 0.15) is 50.5 Å². The second-order valence-electron chi connectivity index (χ2n) is 9.19. The van der Waals surface area contributed by atoms with Gasteiger partial charge >= 0.3 is 0 Å². The Morgan fingerprint density at radius 3 is 2.21 bits per heavy atom. The quantitative estimate of drug-likeness (QED) is 0.888. The normalized spacial score (nSPS) is 46.5. The number of rotatable bonds is 4. The van der Waals surface area contributed by atoms with Gasteiger partial charge in [-0.1, -0.05) is 30.3 Å². The van der Waals surface area contributed by atoms with E-state index in [0.29, 0.717) is 11.3 Å². The maximum Gasteiger partial charge on any atom is 0.103 e. The van der Waals surface area contributed by atoms with Crippen LogP contribution < -0.4 is 5.32 Å². The molecule has 2 heteroatoms. The second kappa shape index (κ2) is 5.57. The first-order valence-electron chi connectivity index (χ1n) is 10.1. The van der Waals surface area contributed by atoms with Gasteiger partial charge in [-0.05, 0) is 75.3 Å². The van der Waals surface area contributed by atoms with Gasteiger partial charge < -0.3 is 10.1 Å². The summed E-state index contributed by atoms with van der Waals surface area (Å²) >= 11 is 0. The van der Waals surface area contributed by atoms with E-state index >= 15 is 0 Å². The van der Waals surface area contributed by atoms with Gasteiger partial charge in [0.1, 0.15) is 5.60 Å². The van der Waals surface area contributed by atoms with Crippen molar-refractivity contribution >= 4 is 0 Å². The van der Waals surface area contributed by atoms with E-state index in [-0.39, 0.29) is 5.60 Å². The zero-order chi connectivity index (χ0) is 16.2. The Labute approximate surface area is 146 Å². The van der Waals surface area contributed by atoms with Crippen LogP contribution in [0, 0.1) is 29.1 Å². The summed E-state index contributed by atoms with van der Waals surface area (Å²) in [5, 5.41) is 3.49. The number of hydrogen-bond donors (Lipinski definition) is 1. The van der Waals surface area contributed by atoms with Crippen molar-refractivity contribution in [1.82, 2.24) is 5.32 Å². The highest BCUT2D eigenvalue weighted by Crippen LogP contribution is 2.69. The fraction of sp³-hybridized carbons (Fsp3) is 0.727. The number of hydrogen-bond acceptors (Lipinski definition) is 2. The molecular weight excluding hydrogens is 294 g/mol. The smallest absolute Gasteiger partial charge is 0.103 e. The maximum atomic E-state index is 6.84. The van der Waals surface area contributed by atoms with Gasteiger partial charge in [-0.2, -0.15) is 0 Å². The lowest BCUT2D eigenvalue weighted by molar-refractivity contribution is -0.206. The third-order valence-corrected chi connectivity index (χ3v) is 7.85. The van der Waals surface area contributed by atoms with Crippen LogP contribution in [0.4, 0.5) is 0 Å². The van der Waals surface area contributed by atoms with E-state index in [9.17, 15) is 0 Å².